The monoisotopic (exact) mass is 315 g/mol. The largest absolute Gasteiger partial charge is 0.337 e. The summed E-state index contributed by atoms with van der Waals surface area (Å²) in [6.07, 6.45) is 3.47. The van der Waals surface area contributed by atoms with Crippen molar-refractivity contribution in [3.63, 3.8) is 0 Å². The second-order valence-corrected chi connectivity index (χ2v) is 7.04. The van der Waals surface area contributed by atoms with Gasteiger partial charge in [0.15, 0.2) is 5.65 Å². The third-order valence-electron chi connectivity index (χ3n) is 4.69. The first-order chi connectivity index (χ1) is 10.9. The Labute approximate surface area is 137 Å². The number of carbonyl (C=O) groups is 1. The summed E-state index contributed by atoms with van der Waals surface area (Å²) in [4.78, 5) is 21.4. The Bertz CT molecular complexity index is 721. The standard InChI is InChI=1S/C17H25N5O/c1-11(2)22-16-13(8-19-22)6-14(7-18-16)17(23)21-9-12(3)15(10-21)20(4)5/h6-8,11-12,15H,9-10H2,1-5H3/t12-,15+/m0/s1. The van der Waals surface area contributed by atoms with Crippen LogP contribution in [0.4, 0.5) is 0 Å². The molecule has 1 saturated heterocycles. The van der Waals surface area contributed by atoms with Gasteiger partial charge in [0.1, 0.15) is 0 Å². The zero-order valence-electron chi connectivity index (χ0n) is 14.5. The lowest BCUT2D eigenvalue weighted by Crippen LogP contribution is -2.35. The summed E-state index contributed by atoms with van der Waals surface area (Å²) in [6, 6.07) is 2.57. The molecular weight excluding hydrogens is 290 g/mol. The first-order valence-electron chi connectivity index (χ1n) is 8.17. The first kappa shape index (κ1) is 15.9. The number of aromatic nitrogens is 3. The summed E-state index contributed by atoms with van der Waals surface area (Å²) in [5, 5.41) is 5.28. The lowest BCUT2D eigenvalue weighted by atomic mass is 10.1. The van der Waals surface area contributed by atoms with Crippen molar-refractivity contribution in [3.05, 3.63) is 24.0 Å². The minimum atomic E-state index is 0.0629. The van der Waals surface area contributed by atoms with Crippen molar-refractivity contribution in [3.8, 4) is 0 Å². The third-order valence-corrected chi connectivity index (χ3v) is 4.69. The molecule has 3 heterocycles. The molecule has 6 nitrogen and oxygen atoms in total. The molecule has 1 fully saturated rings. The van der Waals surface area contributed by atoms with Gasteiger partial charge in [0.05, 0.1) is 11.8 Å². The first-order valence-corrected chi connectivity index (χ1v) is 8.17. The van der Waals surface area contributed by atoms with E-state index < -0.39 is 0 Å². The highest BCUT2D eigenvalue weighted by molar-refractivity contribution is 5.97. The molecule has 6 heteroatoms. The van der Waals surface area contributed by atoms with Crippen LogP contribution < -0.4 is 0 Å². The number of rotatable bonds is 3. The van der Waals surface area contributed by atoms with Crippen LogP contribution in [0.25, 0.3) is 11.0 Å². The quantitative estimate of drug-likeness (QED) is 0.870. The van der Waals surface area contributed by atoms with Crippen LogP contribution in [0, 0.1) is 5.92 Å². The van der Waals surface area contributed by atoms with E-state index in [1.807, 2.05) is 15.6 Å². The van der Waals surface area contributed by atoms with E-state index in [0.717, 1.165) is 24.1 Å². The van der Waals surface area contributed by atoms with Crippen molar-refractivity contribution in [2.45, 2.75) is 32.9 Å². The van der Waals surface area contributed by atoms with Crippen LogP contribution in [0.1, 0.15) is 37.2 Å². The smallest absolute Gasteiger partial charge is 0.255 e. The Kier molecular flexibility index (Phi) is 4.10. The van der Waals surface area contributed by atoms with Gasteiger partial charge in [-0.2, -0.15) is 5.10 Å². The zero-order chi connectivity index (χ0) is 16.7. The van der Waals surface area contributed by atoms with Gasteiger partial charge < -0.3 is 9.80 Å². The molecule has 0 saturated carbocycles. The number of likely N-dealkylation sites (N-methyl/N-ethyl adjacent to an activating group) is 1. The van der Waals surface area contributed by atoms with Crippen molar-refractivity contribution in [1.29, 1.82) is 0 Å². The minimum Gasteiger partial charge on any atom is -0.337 e. The molecule has 3 rings (SSSR count). The number of likely N-dealkylation sites (tertiary alicyclic amines) is 1. The summed E-state index contributed by atoms with van der Waals surface area (Å²) >= 11 is 0. The van der Waals surface area contributed by atoms with Crippen LogP contribution in [-0.4, -0.2) is 63.7 Å². The minimum absolute atomic E-state index is 0.0629. The van der Waals surface area contributed by atoms with Gasteiger partial charge in [-0.25, -0.2) is 9.67 Å². The van der Waals surface area contributed by atoms with Gasteiger partial charge >= 0.3 is 0 Å². The number of fused-ring (bicyclic) bond motifs is 1. The van der Waals surface area contributed by atoms with Gasteiger partial charge in [0.25, 0.3) is 5.91 Å². The number of hydrogen-bond donors (Lipinski definition) is 0. The lowest BCUT2D eigenvalue weighted by molar-refractivity contribution is 0.0781. The van der Waals surface area contributed by atoms with Gasteiger partial charge in [-0.05, 0) is 39.9 Å². The molecule has 0 aliphatic carbocycles. The molecule has 2 aromatic heterocycles. The predicted octanol–water partition coefficient (Wildman–Crippen LogP) is 2.03. The van der Waals surface area contributed by atoms with Gasteiger partial charge in [-0.15, -0.1) is 0 Å². The highest BCUT2D eigenvalue weighted by Crippen LogP contribution is 2.23. The molecule has 1 amide bonds. The molecule has 0 aromatic carbocycles. The summed E-state index contributed by atoms with van der Waals surface area (Å²) in [5.41, 5.74) is 1.48. The Morgan fingerprint density at radius 2 is 2.04 bits per heavy atom. The molecule has 0 N–H and O–H groups in total. The van der Waals surface area contributed by atoms with E-state index >= 15 is 0 Å². The molecule has 1 aliphatic rings. The normalized spacial score (nSPS) is 21.8. The third kappa shape index (κ3) is 2.83. The topological polar surface area (TPSA) is 54.3 Å². The van der Waals surface area contributed by atoms with E-state index in [4.69, 9.17) is 0 Å². The van der Waals surface area contributed by atoms with Gasteiger partial charge in [-0.3, -0.25) is 4.79 Å². The van der Waals surface area contributed by atoms with Crippen molar-refractivity contribution in [2.24, 2.45) is 5.92 Å². The second-order valence-electron chi connectivity index (χ2n) is 7.04. The zero-order valence-corrected chi connectivity index (χ0v) is 14.5. The summed E-state index contributed by atoms with van der Waals surface area (Å²) in [7, 11) is 4.14. The average Bonchev–Trinajstić information content (AvgIpc) is 3.09. The van der Waals surface area contributed by atoms with Gasteiger partial charge in [-0.1, -0.05) is 6.92 Å². The van der Waals surface area contributed by atoms with E-state index in [2.05, 4.69) is 49.8 Å². The SMILES string of the molecule is CC(C)n1ncc2cc(C(=O)N3C[C@@H](N(C)C)[C@@H](C)C3)cnc21. The Hall–Kier alpha value is -1.95. The van der Waals surface area contributed by atoms with Gasteiger partial charge in [0, 0.05) is 36.8 Å². The van der Waals surface area contributed by atoms with Gasteiger partial charge in [0.2, 0.25) is 0 Å². The van der Waals surface area contributed by atoms with E-state index in [1.165, 1.54) is 0 Å². The second kappa shape index (κ2) is 5.92. The van der Waals surface area contributed by atoms with E-state index in [0.29, 0.717) is 17.5 Å². The fourth-order valence-corrected chi connectivity index (χ4v) is 3.41. The Morgan fingerprint density at radius 3 is 2.65 bits per heavy atom. The summed E-state index contributed by atoms with van der Waals surface area (Å²) < 4.78 is 1.88. The van der Waals surface area contributed by atoms with Crippen LogP contribution in [0.3, 0.4) is 0 Å². The van der Waals surface area contributed by atoms with E-state index in [9.17, 15) is 4.79 Å². The number of nitrogens with zero attached hydrogens (tertiary/aromatic N) is 5. The molecule has 0 unspecified atom stereocenters. The summed E-state index contributed by atoms with van der Waals surface area (Å²) in [5.74, 6) is 0.544. The molecule has 0 radical (unpaired) electrons. The molecule has 0 spiro atoms. The van der Waals surface area contributed by atoms with Crippen LogP contribution in [0.5, 0.6) is 0 Å². The van der Waals surface area contributed by atoms with Crippen LogP contribution in [0.2, 0.25) is 0 Å². The van der Waals surface area contributed by atoms with Crippen molar-refractivity contribution in [2.75, 3.05) is 27.2 Å². The Morgan fingerprint density at radius 1 is 1.30 bits per heavy atom. The average molecular weight is 315 g/mol. The fourth-order valence-electron chi connectivity index (χ4n) is 3.41. The lowest BCUT2D eigenvalue weighted by Gasteiger charge is -2.22. The number of carbonyl (C=O) groups excluding carboxylic acids is 1. The van der Waals surface area contributed by atoms with Crippen LogP contribution in [0.15, 0.2) is 18.5 Å². The number of hydrogen-bond acceptors (Lipinski definition) is 4. The maximum absolute atomic E-state index is 12.8. The van der Waals surface area contributed by atoms with Crippen molar-refractivity contribution in [1.82, 2.24) is 24.6 Å². The molecule has 124 valence electrons. The predicted molar refractivity (Wildman–Crippen MR) is 90.5 cm³/mol. The molecular formula is C17H25N5O. The highest BCUT2D eigenvalue weighted by atomic mass is 16.2. The maximum Gasteiger partial charge on any atom is 0.255 e. The molecule has 23 heavy (non-hydrogen) atoms. The van der Waals surface area contributed by atoms with Crippen molar-refractivity contribution < 1.29 is 4.79 Å². The molecule has 2 atom stereocenters. The maximum atomic E-state index is 12.8. The molecule has 1 aliphatic heterocycles. The van der Waals surface area contributed by atoms with Crippen LogP contribution >= 0.6 is 0 Å². The summed E-state index contributed by atoms with van der Waals surface area (Å²) in [6.45, 7) is 7.91. The van der Waals surface area contributed by atoms with Crippen LogP contribution in [-0.2, 0) is 0 Å². The van der Waals surface area contributed by atoms with E-state index in [-0.39, 0.29) is 11.9 Å². The fraction of sp³-hybridized carbons (Fsp3) is 0.588. The Balaban J connectivity index is 1.85. The number of pyridine rings is 1. The molecule has 0 bridgehead atoms. The highest BCUT2D eigenvalue weighted by Gasteiger charge is 2.34. The van der Waals surface area contributed by atoms with Crippen molar-refractivity contribution >= 4 is 16.9 Å². The number of amides is 1. The van der Waals surface area contributed by atoms with E-state index in [1.54, 1.807) is 12.4 Å². The molecule has 2 aromatic rings.